The molecule has 7 heteroatoms. The molecule has 0 saturated heterocycles. The van der Waals surface area contributed by atoms with E-state index in [4.69, 9.17) is 9.15 Å². The lowest BCUT2D eigenvalue weighted by atomic mass is 10.1. The van der Waals surface area contributed by atoms with Crippen molar-refractivity contribution in [2.75, 3.05) is 13.2 Å². The Hall–Kier alpha value is -3.09. The summed E-state index contributed by atoms with van der Waals surface area (Å²) in [7, 11) is 1.65. The van der Waals surface area contributed by atoms with Gasteiger partial charge in [0.05, 0.1) is 5.52 Å². The predicted molar refractivity (Wildman–Crippen MR) is 90.1 cm³/mol. The molecule has 0 aliphatic carbocycles. The van der Waals surface area contributed by atoms with E-state index < -0.39 is 5.76 Å². The number of rotatable bonds is 6. The fourth-order valence-corrected chi connectivity index (χ4v) is 2.40. The van der Waals surface area contributed by atoms with Crippen LogP contribution >= 0.6 is 0 Å². The molecule has 1 aromatic heterocycles. The SMILES string of the molecule is Cn1c(=O)oc2ccc(CCNC(=O)COc3ccc(F)cc3)cc21. The van der Waals surface area contributed by atoms with Crippen LogP contribution in [0.15, 0.2) is 51.7 Å². The summed E-state index contributed by atoms with van der Waals surface area (Å²) in [5.41, 5.74) is 2.23. The van der Waals surface area contributed by atoms with Gasteiger partial charge in [-0.3, -0.25) is 9.36 Å². The van der Waals surface area contributed by atoms with E-state index in [0.717, 1.165) is 5.56 Å². The molecule has 0 spiro atoms. The van der Waals surface area contributed by atoms with Crippen LogP contribution in [0.2, 0.25) is 0 Å². The van der Waals surface area contributed by atoms with E-state index >= 15 is 0 Å². The van der Waals surface area contributed by atoms with E-state index in [1.54, 1.807) is 13.1 Å². The number of aromatic nitrogens is 1. The molecule has 6 nitrogen and oxygen atoms in total. The number of carbonyl (C=O) groups is 1. The summed E-state index contributed by atoms with van der Waals surface area (Å²) in [6.45, 7) is 0.295. The fraction of sp³-hybridized carbons (Fsp3) is 0.222. The maximum Gasteiger partial charge on any atom is 0.419 e. The molecule has 1 amide bonds. The summed E-state index contributed by atoms with van der Waals surface area (Å²) in [4.78, 5) is 23.2. The van der Waals surface area contributed by atoms with E-state index in [1.165, 1.54) is 28.8 Å². The van der Waals surface area contributed by atoms with Crippen molar-refractivity contribution in [1.82, 2.24) is 9.88 Å². The van der Waals surface area contributed by atoms with Gasteiger partial charge < -0.3 is 14.5 Å². The van der Waals surface area contributed by atoms with Crippen LogP contribution < -0.4 is 15.8 Å². The highest BCUT2D eigenvalue weighted by Gasteiger charge is 2.07. The Labute approximate surface area is 142 Å². The molecule has 0 fully saturated rings. The predicted octanol–water partition coefficient (Wildman–Crippen LogP) is 2.01. The van der Waals surface area contributed by atoms with E-state index in [-0.39, 0.29) is 18.3 Å². The molecule has 25 heavy (non-hydrogen) atoms. The summed E-state index contributed by atoms with van der Waals surface area (Å²) >= 11 is 0. The van der Waals surface area contributed by atoms with Gasteiger partial charge in [0, 0.05) is 13.6 Å². The quantitative estimate of drug-likeness (QED) is 0.742. The number of halogens is 1. The second kappa shape index (κ2) is 7.21. The first-order valence-electron chi connectivity index (χ1n) is 7.76. The first-order valence-corrected chi connectivity index (χ1v) is 7.76. The average Bonchev–Trinajstić information content (AvgIpc) is 2.89. The summed E-state index contributed by atoms with van der Waals surface area (Å²) in [6, 6.07) is 10.9. The first-order chi connectivity index (χ1) is 12.0. The highest BCUT2D eigenvalue weighted by atomic mass is 19.1. The lowest BCUT2D eigenvalue weighted by molar-refractivity contribution is -0.123. The van der Waals surface area contributed by atoms with Crippen LogP contribution in [0, 0.1) is 5.82 Å². The lowest BCUT2D eigenvalue weighted by Crippen LogP contribution is -2.30. The van der Waals surface area contributed by atoms with Crippen molar-refractivity contribution >= 4 is 17.0 Å². The van der Waals surface area contributed by atoms with Crippen LogP contribution in [0.25, 0.3) is 11.1 Å². The minimum atomic E-state index is -0.404. The lowest BCUT2D eigenvalue weighted by Gasteiger charge is -2.07. The molecule has 0 bridgehead atoms. The van der Waals surface area contributed by atoms with Gasteiger partial charge in [-0.05, 0) is 48.4 Å². The molecule has 0 aliphatic rings. The Kier molecular flexibility index (Phi) is 4.83. The molecule has 0 atom stereocenters. The second-order valence-electron chi connectivity index (χ2n) is 5.57. The number of hydrogen-bond acceptors (Lipinski definition) is 4. The molecule has 1 heterocycles. The third kappa shape index (κ3) is 4.06. The minimum Gasteiger partial charge on any atom is -0.484 e. The summed E-state index contributed by atoms with van der Waals surface area (Å²) in [5.74, 6) is -0.591. The Balaban J connectivity index is 1.49. The number of nitrogens with one attached hydrogen (secondary N) is 1. The zero-order valence-corrected chi connectivity index (χ0v) is 13.6. The van der Waals surface area contributed by atoms with E-state index in [2.05, 4.69) is 5.32 Å². The van der Waals surface area contributed by atoms with Gasteiger partial charge in [0.25, 0.3) is 5.91 Å². The Morgan fingerprint density at radius 1 is 1.24 bits per heavy atom. The summed E-state index contributed by atoms with van der Waals surface area (Å²) < 4.78 is 24.6. The van der Waals surface area contributed by atoms with Crippen LogP contribution in [0.1, 0.15) is 5.56 Å². The maximum absolute atomic E-state index is 12.8. The van der Waals surface area contributed by atoms with Crippen molar-refractivity contribution in [3.05, 3.63) is 64.4 Å². The normalized spacial score (nSPS) is 10.8. The number of carbonyl (C=O) groups excluding carboxylic acids is 1. The molecule has 0 aliphatic heterocycles. The number of benzene rings is 2. The number of ether oxygens (including phenoxy) is 1. The van der Waals surface area contributed by atoms with Crippen LogP contribution in [0.5, 0.6) is 5.75 Å². The standard InChI is InChI=1S/C18H17FN2O4/c1-21-15-10-12(2-7-16(15)25-18(21)23)8-9-20-17(22)11-24-14-5-3-13(19)4-6-14/h2-7,10H,8-9,11H2,1H3,(H,20,22). The van der Waals surface area contributed by atoms with E-state index in [0.29, 0.717) is 29.8 Å². The molecule has 130 valence electrons. The number of hydrogen-bond donors (Lipinski definition) is 1. The van der Waals surface area contributed by atoms with Crippen molar-refractivity contribution in [2.45, 2.75) is 6.42 Å². The van der Waals surface area contributed by atoms with Crippen LogP contribution in [0.4, 0.5) is 4.39 Å². The van der Waals surface area contributed by atoms with Crippen LogP contribution in [-0.4, -0.2) is 23.6 Å². The number of oxazole rings is 1. The third-order valence-corrected chi connectivity index (χ3v) is 3.78. The minimum absolute atomic E-state index is 0.138. The largest absolute Gasteiger partial charge is 0.484 e. The molecule has 0 radical (unpaired) electrons. The third-order valence-electron chi connectivity index (χ3n) is 3.78. The van der Waals surface area contributed by atoms with Gasteiger partial charge in [-0.1, -0.05) is 6.07 Å². The molecular formula is C18H17FN2O4. The highest BCUT2D eigenvalue weighted by Crippen LogP contribution is 2.14. The molecule has 0 saturated carbocycles. The Morgan fingerprint density at radius 3 is 2.76 bits per heavy atom. The Morgan fingerprint density at radius 2 is 2.00 bits per heavy atom. The topological polar surface area (TPSA) is 73.5 Å². The van der Waals surface area contributed by atoms with Crippen molar-refractivity contribution < 1.29 is 18.3 Å². The van der Waals surface area contributed by atoms with Gasteiger partial charge in [0.15, 0.2) is 12.2 Å². The first kappa shape index (κ1) is 16.8. The summed E-state index contributed by atoms with van der Waals surface area (Å²) in [6.07, 6.45) is 0.609. The van der Waals surface area contributed by atoms with Gasteiger partial charge in [-0.2, -0.15) is 0 Å². The number of fused-ring (bicyclic) bond motifs is 1. The Bertz CT molecular complexity index is 944. The highest BCUT2D eigenvalue weighted by molar-refractivity contribution is 5.77. The van der Waals surface area contributed by atoms with Crippen LogP contribution in [0.3, 0.4) is 0 Å². The smallest absolute Gasteiger partial charge is 0.419 e. The maximum atomic E-state index is 12.8. The number of nitrogens with zero attached hydrogens (tertiary/aromatic N) is 1. The second-order valence-corrected chi connectivity index (χ2v) is 5.57. The van der Waals surface area contributed by atoms with Crippen molar-refractivity contribution in [3.63, 3.8) is 0 Å². The fourth-order valence-electron chi connectivity index (χ4n) is 2.40. The van der Waals surface area contributed by atoms with Crippen molar-refractivity contribution in [3.8, 4) is 5.75 Å². The van der Waals surface area contributed by atoms with E-state index in [1.807, 2.05) is 12.1 Å². The summed E-state index contributed by atoms with van der Waals surface area (Å²) in [5, 5.41) is 2.75. The monoisotopic (exact) mass is 344 g/mol. The molecule has 1 N–H and O–H groups in total. The van der Waals surface area contributed by atoms with Gasteiger partial charge in [0.1, 0.15) is 11.6 Å². The molecule has 3 rings (SSSR count). The number of aryl methyl sites for hydroxylation is 1. The number of amides is 1. The van der Waals surface area contributed by atoms with E-state index in [9.17, 15) is 14.0 Å². The zero-order valence-electron chi connectivity index (χ0n) is 13.6. The molecule has 2 aromatic carbocycles. The van der Waals surface area contributed by atoms with Crippen LogP contribution in [-0.2, 0) is 18.3 Å². The molecule has 0 unspecified atom stereocenters. The average molecular weight is 344 g/mol. The molecule has 3 aromatic rings. The van der Waals surface area contributed by atoms with Gasteiger partial charge >= 0.3 is 5.76 Å². The van der Waals surface area contributed by atoms with Gasteiger partial charge in [0.2, 0.25) is 0 Å². The van der Waals surface area contributed by atoms with Crippen molar-refractivity contribution in [1.29, 1.82) is 0 Å². The van der Waals surface area contributed by atoms with Gasteiger partial charge in [-0.25, -0.2) is 9.18 Å². The zero-order chi connectivity index (χ0) is 17.8. The van der Waals surface area contributed by atoms with Crippen molar-refractivity contribution in [2.24, 2.45) is 7.05 Å². The van der Waals surface area contributed by atoms with Gasteiger partial charge in [-0.15, -0.1) is 0 Å². The molecular weight excluding hydrogens is 327 g/mol.